The molecule has 1 N–H and O–H groups in total. The largest absolute Gasteiger partial charge is 0.315 e. The summed E-state index contributed by atoms with van der Waals surface area (Å²) < 4.78 is 0. The summed E-state index contributed by atoms with van der Waals surface area (Å²) in [5, 5.41) is 20.4. The Hall–Kier alpha value is -2.16. The molecule has 1 aromatic rings. The van der Waals surface area contributed by atoms with E-state index < -0.39 is 4.92 Å². The maximum Gasteiger partial charge on any atom is 0.315 e. The van der Waals surface area contributed by atoms with E-state index >= 15 is 0 Å². The van der Waals surface area contributed by atoms with Gasteiger partial charge in [-0.05, 0) is 26.2 Å². The number of hydrogen-bond acceptors (Lipinski definition) is 4. The normalized spacial score (nSPS) is 15.1. The zero-order valence-electron chi connectivity index (χ0n) is 11.2. The van der Waals surface area contributed by atoms with Crippen molar-refractivity contribution in [1.82, 2.24) is 0 Å². The first-order valence-corrected chi connectivity index (χ1v) is 6.42. The topological polar surface area (TPSA) is 84.3 Å². The van der Waals surface area contributed by atoms with Gasteiger partial charge in [-0.15, -0.1) is 0 Å². The number of aryl methyl sites for hydroxylation is 1. The molecule has 0 spiro atoms. The third-order valence-electron chi connectivity index (χ3n) is 3.59. The molecule has 0 radical (unpaired) electrons. The first-order valence-electron chi connectivity index (χ1n) is 6.42. The number of anilines is 1. The SMILES string of the molecule is Cc1[nH+]c(N2CCCCC2)c(C#N)c(C)c1[N+](=O)[O-]. The number of aromatic nitrogens is 1. The molecule has 0 atom stereocenters. The summed E-state index contributed by atoms with van der Waals surface area (Å²) in [6.45, 7) is 5.11. The van der Waals surface area contributed by atoms with Crippen LogP contribution in [-0.2, 0) is 0 Å². The highest BCUT2D eigenvalue weighted by Gasteiger charge is 2.30. The summed E-state index contributed by atoms with van der Waals surface area (Å²) in [5.74, 6) is 0.725. The van der Waals surface area contributed by atoms with E-state index in [0.29, 0.717) is 16.8 Å². The van der Waals surface area contributed by atoms with Gasteiger partial charge < -0.3 is 0 Å². The van der Waals surface area contributed by atoms with Crippen molar-refractivity contribution >= 4 is 11.5 Å². The second kappa shape index (κ2) is 5.22. The van der Waals surface area contributed by atoms with E-state index in [2.05, 4.69) is 16.0 Å². The van der Waals surface area contributed by atoms with Gasteiger partial charge in [0.2, 0.25) is 0 Å². The standard InChI is InChI=1S/C13H16N4O2/c1-9-11(8-14)13(16-6-4-3-5-7-16)15-10(2)12(9)17(18)19/h3-7H2,1-2H3/p+1. The van der Waals surface area contributed by atoms with Crippen LogP contribution in [-0.4, -0.2) is 18.0 Å². The lowest BCUT2D eigenvalue weighted by Crippen LogP contribution is -2.36. The van der Waals surface area contributed by atoms with Crippen LogP contribution >= 0.6 is 0 Å². The molecule has 1 aliphatic heterocycles. The van der Waals surface area contributed by atoms with Crippen LogP contribution < -0.4 is 9.88 Å². The Morgan fingerprint density at radius 1 is 1.32 bits per heavy atom. The maximum absolute atomic E-state index is 11.1. The van der Waals surface area contributed by atoms with Gasteiger partial charge >= 0.3 is 5.69 Å². The van der Waals surface area contributed by atoms with Crippen LogP contribution in [0.15, 0.2) is 0 Å². The molecule has 100 valence electrons. The molecule has 0 bridgehead atoms. The Labute approximate surface area is 111 Å². The number of H-pyrrole nitrogens is 1. The minimum absolute atomic E-state index is 0.0114. The van der Waals surface area contributed by atoms with Crippen LogP contribution in [0.3, 0.4) is 0 Å². The number of nitriles is 1. The first kappa shape index (κ1) is 13.3. The molecular formula is C13H17N4O2+. The second-order valence-electron chi connectivity index (χ2n) is 4.86. The van der Waals surface area contributed by atoms with Crippen LogP contribution in [0.2, 0.25) is 0 Å². The zero-order chi connectivity index (χ0) is 14.0. The van der Waals surface area contributed by atoms with Gasteiger partial charge in [0.1, 0.15) is 6.07 Å². The average Bonchev–Trinajstić information content (AvgIpc) is 2.38. The molecule has 19 heavy (non-hydrogen) atoms. The van der Waals surface area contributed by atoms with Crippen molar-refractivity contribution in [1.29, 1.82) is 5.26 Å². The Balaban J connectivity index is 2.56. The van der Waals surface area contributed by atoms with Gasteiger partial charge in [-0.3, -0.25) is 15.0 Å². The lowest BCUT2D eigenvalue weighted by Gasteiger charge is -2.22. The number of pyridine rings is 1. The van der Waals surface area contributed by atoms with Gasteiger partial charge in [0.05, 0.1) is 23.6 Å². The highest BCUT2D eigenvalue weighted by molar-refractivity contribution is 5.61. The molecule has 1 aromatic heterocycles. The molecule has 0 saturated carbocycles. The number of nitrogens with one attached hydrogen (secondary N) is 1. The smallest absolute Gasteiger partial charge is 0.261 e. The van der Waals surface area contributed by atoms with Crippen LogP contribution in [0.4, 0.5) is 11.5 Å². The first-order chi connectivity index (χ1) is 9.06. The molecule has 2 rings (SSSR count). The molecule has 0 aliphatic carbocycles. The molecule has 6 nitrogen and oxygen atoms in total. The van der Waals surface area contributed by atoms with E-state index in [1.807, 2.05) is 0 Å². The van der Waals surface area contributed by atoms with E-state index in [1.165, 1.54) is 6.42 Å². The minimum atomic E-state index is -0.429. The summed E-state index contributed by atoms with van der Waals surface area (Å²) in [6, 6.07) is 2.11. The third-order valence-corrected chi connectivity index (χ3v) is 3.59. The molecule has 0 aromatic carbocycles. The van der Waals surface area contributed by atoms with E-state index in [4.69, 9.17) is 0 Å². The molecule has 1 fully saturated rings. The highest BCUT2D eigenvalue weighted by atomic mass is 16.6. The van der Waals surface area contributed by atoms with Crippen molar-refractivity contribution < 1.29 is 9.91 Å². The Kier molecular flexibility index (Phi) is 3.65. The third kappa shape index (κ3) is 2.36. The van der Waals surface area contributed by atoms with Crippen molar-refractivity contribution in [2.75, 3.05) is 18.0 Å². The zero-order valence-corrected chi connectivity index (χ0v) is 11.2. The van der Waals surface area contributed by atoms with Crippen LogP contribution in [0.25, 0.3) is 0 Å². The predicted octanol–water partition coefficient (Wildman–Crippen LogP) is 1.89. The van der Waals surface area contributed by atoms with Crippen molar-refractivity contribution in [3.63, 3.8) is 0 Å². The molecule has 2 heterocycles. The molecule has 0 unspecified atom stereocenters. The van der Waals surface area contributed by atoms with E-state index in [-0.39, 0.29) is 5.69 Å². The van der Waals surface area contributed by atoms with E-state index in [0.717, 1.165) is 31.7 Å². The minimum Gasteiger partial charge on any atom is -0.261 e. The Morgan fingerprint density at radius 3 is 2.47 bits per heavy atom. The van der Waals surface area contributed by atoms with Gasteiger partial charge in [-0.25, -0.2) is 4.98 Å². The number of hydrogen-bond donors (Lipinski definition) is 0. The number of rotatable bonds is 2. The fraction of sp³-hybridized carbons (Fsp3) is 0.538. The average molecular weight is 261 g/mol. The summed E-state index contributed by atoms with van der Waals surface area (Å²) in [7, 11) is 0. The van der Waals surface area contributed by atoms with E-state index in [1.54, 1.807) is 13.8 Å². The van der Waals surface area contributed by atoms with Crippen molar-refractivity contribution in [2.45, 2.75) is 33.1 Å². The Morgan fingerprint density at radius 2 is 1.95 bits per heavy atom. The summed E-state index contributed by atoms with van der Waals surface area (Å²) in [4.78, 5) is 15.8. The summed E-state index contributed by atoms with van der Waals surface area (Å²) in [5.41, 5.74) is 1.35. The van der Waals surface area contributed by atoms with Gasteiger partial charge in [0.15, 0.2) is 11.3 Å². The summed E-state index contributed by atoms with van der Waals surface area (Å²) in [6.07, 6.45) is 3.38. The van der Waals surface area contributed by atoms with Crippen LogP contribution in [0.5, 0.6) is 0 Å². The van der Waals surface area contributed by atoms with Crippen molar-refractivity contribution in [3.8, 4) is 6.07 Å². The maximum atomic E-state index is 11.1. The lowest BCUT2D eigenvalue weighted by molar-refractivity contribution is -0.420. The summed E-state index contributed by atoms with van der Waals surface area (Å²) >= 11 is 0. The fourth-order valence-electron chi connectivity index (χ4n) is 2.64. The molecule has 1 saturated heterocycles. The van der Waals surface area contributed by atoms with Gasteiger partial charge in [-0.2, -0.15) is 5.26 Å². The van der Waals surface area contributed by atoms with Gasteiger partial charge in [-0.1, -0.05) is 0 Å². The fourth-order valence-corrected chi connectivity index (χ4v) is 2.64. The van der Waals surface area contributed by atoms with Gasteiger partial charge in [0, 0.05) is 6.92 Å². The number of nitrogens with zero attached hydrogens (tertiary/aromatic N) is 3. The highest BCUT2D eigenvalue weighted by Crippen LogP contribution is 2.29. The number of piperidine rings is 1. The molecule has 1 aliphatic rings. The second-order valence-corrected chi connectivity index (χ2v) is 4.86. The van der Waals surface area contributed by atoms with E-state index in [9.17, 15) is 15.4 Å². The molecular weight excluding hydrogens is 244 g/mol. The monoisotopic (exact) mass is 261 g/mol. The molecule has 0 amide bonds. The van der Waals surface area contributed by atoms with Gasteiger partial charge in [0.25, 0.3) is 5.82 Å². The predicted molar refractivity (Wildman–Crippen MR) is 69.9 cm³/mol. The number of nitro groups is 1. The molecule has 6 heteroatoms. The Bertz CT molecular complexity index is 557. The van der Waals surface area contributed by atoms with Crippen LogP contribution in [0.1, 0.15) is 36.1 Å². The quantitative estimate of drug-likeness (QED) is 0.601. The van der Waals surface area contributed by atoms with Crippen molar-refractivity contribution in [2.24, 2.45) is 0 Å². The lowest BCUT2D eigenvalue weighted by atomic mass is 10.1. The number of aromatic amines is 1. The van der Waals surface area contributed by atoms with Crippen LogP contribution in [0, 0.1) is 35.3 Å². The van der Waals surface area contributed by atoms with Crippen molar-refractivity contribution in [3.05, 3.63) is 26.9 Å².